The van der Waals surface area contributed by atoms with Crippen LogP contribution in [0, 0.1) is 0 Å². The van der Waals surface area contributed by atoms with E-state index in [2.05, 4.69) is 24.6 Å². The van der Waals surface area contributed by atoms with Crippen molar-refractivity contribution in [3.63, 3.8) is 0 Å². The van der Waals surface area contributed by atoms with E-state index in [4.69, 9.17) is 9.72 Å². The molecule has 0 saturated heterocycles. The third-order valence-corrected chi connectivity index (χ3v) is 6.18. The average Bonchev–Trinajstić information content (AvgIpc) is 3.09. The van der Waals surface area contributed by atoms with Crippen LogP contribution < -0.4 is 9.46 Å². The normalized spacial score (nSPS) is 15.8. The maximum absolute atomic E-state index is 12.1. The van der Waals surface area contributed by atoms with Gasteiger partial charge in [0.25, 0.3) is 0 Å². The second-order valence-corrected chi connectivity index (χ2v) is 9.07. The number of sulfonamides is 1. The smallest absolute Gasteiger partial charge is 0.240 e. The van der Waals surface area contributed by atoms with Gasteiger partial charge in [-0.2, -0.15) is 0 Å². The van der Waals surface area contributed by atoms with Gasteiger partial charge in [0.05, 0.1) is 21.5 Å². The third kappa shape index (κ3) is 2.59. The molecule has 0 radical (unpaired) electrons. The predicted octanol–water partition coefficient (Wildman–Crippen LogP) is 2.86. The van der Waals surface area contributed by atoms with Crippen LogP contribution in [0.3, 0.4) is 0 Å². The highest BCUT2D eigenvalue weighted by atomic mass is 32.2. The minimum atomic E-state index is -3.51. The molecular formula is C19H21N3O3S. The van der Waals surface area contributed by atoms with Crippen molar-refractivity contribution in [2.45, 2.75) is 30.8 Å². The van der Waals surface area contributed by atoms with Crippen LogP contribution in [0.5, 0.6) is 5.75 Å². The number of hydrogen-bond acceptors (Lipinski definition) is 4. The highest BCUT2D eigenvalue weighted by Crippen LogP contribution is 2.42. The quantitative estimate of drug-likeness (QED) is 0.768. The number of fused-ring (bicyclic) bond motifs is 2. The van der Waals surface area contributed by atoms with Crippen molar-refractivity contribution < 1.29 is 13.2 Å². The fourth-order valence-electron chi connectivity index (χ4n) is 3.50. The number of nitrogens with zero attached hydrogens (tertiary/aromatic N) is 2. The molecule has 0 bridgehead atoms. The summed E-state index contributed by atoms with van der Waals surface area (Å²) in [5, 5.41) is 0. The lowest BCUT2D eigenvalue weighted by Gasteiger charge is -2.18. The maximum Gasteiger partial charge on any atom is 0.240 e. The lowest BCUT2D eigenvalue weighted by Crippen LogP contribution is -2.24. The van der Waals surface area contributed by atoms with Crippen LogP contribution in [0.2, 0.25) is 0 Å². The Bertz CT molecular complexity index is 1130. The molecule has 6 nitrogen and oxygen atoms in total. The molecule has 0 unspecified atom stereocenters. The van der Waals surface area contributed by atoms with Crippen LogP contribution in [0.25, 0.3) is 22.4 Å². The molecule has 2 aromatic carbocycles. The van der Waals surface area contributed by atoms with E-state index in [1.165, 1.54) is 7.05 Å². The van der Waals surface area contributed by atoms with Crippen LogP contribution in [0.15, 0.2) is 41.3 Å². The van der Waals surface area contributed by atoms with Crippen molar-refractivity contribution in [1.82, 2.24) is 14.3 Å². The Morgan fingerprint density at radius 3 is 2.73 bits per heavy atom. The van der Waals surface area contributed by atoms with Gasteiger partial charge in [0.15, 0.2) is 0 Å². The molecule has 26 heavy (non-hydrogen) atoms. The predicted molar refractivity (Wildman–Crippen MR) is 101 cm³/mol. The zero-order valence-corrected chi connectivity index (χ0v) is 16.0. The van der Waals surface area contributed by atoms with Gasteiger partial charge in [0.2, 0.25) is 10.0 Å². The number of imidazole rings is 1. The summed E-state index contributed by atoms with van der Waals surface area (Å²) in [5.74, 6) is 1.62. The second kappa shape index (κ2) is 5.56. The molecular weight excluding hydrogens is 350 g/mol. The molecule has 4 rings (SSSR count). The van der Waals surface area contributed by atoms with Gasteiger partial charge in [-0.15, -0.1) is 0 Å². The Kier molecular flexibility index (Phi) is 3.65. The van der Waals surface area contributed by atoms with E-state index in [9.17, 15) is 8.42 Å². The first-order valence-corrected chi connectivity index (χ1v) is 9.91. The van der Waals surface area contributed by atoms with E-state index < -0.39 is 10.0 Å². The van der Waals surface area contributed by atoms with E-state index in [1.54, 1.807) is 18.2 Å². The van der Waals surface area contributed by atoms with Gasteiger partial charge in [-0.3, -0.25) is 0 Å². The van der Waals surface area contributed by atoms with Crippen LogP contribution in [0.4, 0.5) is 0 Å². The summed E-state index contributed by atoms with van der Waals surface area (Å²) < 4.78 is 34.6. The van der Waals surface area contributed by atoms with Gasteiger partial charge >= 0.3 is 0 Å². The Morgan fingerprint density at radius 2 is 2.00 bits per heavy atom. The molecule has 0 atom stereocenters. The van der Waals surface area contributed by atoms with E-state index in [1.807, 2.05) is 23.7 Å². The molecule has 1 aromatic heterocycles. The summed E-state index contributed by atoms with van der Waals surface area (Å²) >= 11 is 0. The van der Waals surface area contributed by atoms with Crippen molar-refractivity contribution in [3.8, 4) is 17.1 Å². The minimum Gasteiger partial charge on any atom is -0.486 e. The molecule has 1 aliphatic heterocycles. The molecule has 0 saturated carbocycles. The monoisotopic (exact) mass is 371 g/mol. The summed E-state index contributed by atoms with van der Waals surface area (Å²) in [6.07, 6.45) is 0.852. The van der Waals surface area contributed by atoms with E-state index >= 15 is 0 Å². The summed E-state index contributed by atoms with van der Waals surface area (Å²) in [4.78, 5) is 4.91. The second-order valence-electron chi connectivity index (χ2n) is 7.18. The van der Waals surface area contributed by atoms with Crippen molar-refractivity contribution in [3.05, 3.63) is 42.0 Å². The molecule has 0 spiro atoms. The molecule has 136 valence electrons. The zero-order valence-electron chi connectivity index (χ0n) is 15.2. The number of para-hydroxylation sites is 1. The number of benzene rings is 2. The van der Waals surface area contributed by atoms with Gasteiger partial charge in [0, 0.05) is 13.5 Å². The first-order valence-electron chi connectivity index (χ1n) is 8.43. The largest absolute Gasteiger partial charge is 0.486 e. The van der Waals surface area contributed by atoms with E-state index in [0.717, 1.165) is 34.6 Å². The number of nitrogens with one attached hydrogen (secondary N) is 1. The summed E-state index contributed by atoms with van der Waals surface area (Å²) in [5.41, 5.74) is 3.35. The zero-order chi connectivity index (χ0) is 18.7. The number of hydrogen-bond donors (Lipinski definition) is 1. The highest BCUT2D eigenvalue weighted by molar-refractivity contribution is 7.89. The maximum atomic E-state index is 12.1. The standard InChI is InChI=1S/C19H21N3O3S/c1-19(2)11-12-6-5-7-14(17(12)25-19)18-21-15-10-13(26(23,24)20-3)8-9-16(15)22(18)4/h5-10,20H,11H2,1-4H3. The SMILES string of the molecule is CNS(=O)(=O)c1ccc2c(c1)nc(-c1cccc3c1OC(C)(C)C3)n2C. The number of aromatic nitrogens is 2. The average molecular weight is 371 g/mol. The Balaban J connectivity index is 1.90. The van der Waals surface area contributed by atoms with Gasteiger partial charge < -0.3 is 9.30 Å². The number of ether oxygens (including phenoxy) is 1. The number of aryl methyl sites for hydroxylation is 1. The van der Waals surface area contributed by atoms with Crippen molar-refractivity contribution in [2.24, 2.45) is 7.05 Å². The number of rotatable bonds is 3. The molecule has 0 amide bonds. The van der Waals surface area contributed by atoms with Crippen molar-refractivity contribution in [2.75, 3.05) is 7.05 Å². The van der Waals surface area contributed by atoms with Gasteiger partial charge in [-0.05, 0) is 50.7 Å². The molecule has 0 fully saturated rings. The van der Waals surface area contributed by atoms with E-state index in [0.29, 0.717) is 5.52 Å². The van der Waals surface area contributed by atoms with Crippen LogP contribution in [0.1, 0.15) is 19.4 Å². The summed E-state index contributed by atoms with van der Waals surface area (Å²) in [7, 11) is -0.181. The summed E-state index contributed by atoms with van der Waals surface area (Å²) in [6, 6.07) is 11.0. The van der Waals surface area contributed by atoms with Crippen LogP contribution in [-0.4, -0.2) is 30.6 Å². The van der Waals surface area contributed by atoms with Gasteiger partial charge in [0.1, 0.15) is 17.2 Å². The van der Waals surface area contributed by atoms with Gasteiger partial charge in [-0.1, -0.05) is 12.1 Å². The molecule has 2 heterocycles. The minimum absolute atomic E-state index is 0.202. The van der Waals surface area contributed by atoms with Crippen LogP contribution in [-0.2, 0) is 23.5 Å². The van der Waals surface area contributed by atoms with Crippen LogP contribution >= 0.6 is 0 Å². The molecule has 7 heteroatoms. The van der Waals surface area contributed by atoms with Crippen molar-refractivity contribution in [1.29, 1.82) is 0 Å². The van der Waals surface area contributed by atoms with Crippen molar-refractivity contribution >= 4 is 21.1 Å². The Morgan fingerprint density at radius 1 is 1.23 bits per heavy atom. The first-order chi connectivity index (χ1) is 12.2. The topological polar surface area (TPSA) is 73.2 Å². The third-order valence-electron chi connectivity index (χ3n) is 4.76. The fraction of sp³-hybridized carbons (Fsp3) is 0.316. The first kappa shape index (κ1) is 17.1. The highest BCUT2D eigenvalue weighted by Gasteiger charge is 2.32. The Labute approximate surface area is 152 Å². The summed E-state index contributed by atoms with van der Waals surface area (Å²) in [6.45, 7) is 4.14. The molecule has 3 aromatic rings. The molecule has 0 aliphatic carbocycles. The lowest BCUT2D eigenvalue weighted by atomic mass is 10.0. The van der Waals surface area contributed by atoms with Gasteiger partial charge in [-0.25, -0.2) is 18.1 Å². The van der Waals surface area contributed by atoms with E-state index in [-0.39, 0.29) is 10.5 Å². The molecule has 1 N–H and O–H groups in total. The lowest BCUT2D eigenvalue weighted by molar-refractivity contribution is 0.139. The fourth-order valence-corrected chi connectivity index (χ4v) is 4.25. The Hall–Kier alpha value is -2.38. The molecule has 1 aliphatic rings.